The molecule has 0 saturated heterocycles. The summed E-state index contributed by atoms with van der Waals surface area (Å²) < 4.78 is 2.97. The van der Waals surface area contributed by atoms with Gasteiger partial charge in [0.1, 0.15) is 0 Å². The van der Waals surface area contributed by atoms with Gasteiger partial charge in [0, 0.05) is 44.0 Å². The number of thiophene rings is 1. The van der Waals surface area contributed by atoms with Crippen molar-refractivity contribution in [3.63, 3.8) is 0 Å². The molecule has 0 aliphatic rings. The molecule has 2 aromatic heterocycles. The first-order chi connectivity index (χ1) is 9.78. The number of guanidine groups is 1. The lowest BCUT2D eigenvalue weighted by atomic mass is 10.3. The first-order valence-electron chi connectivity index (χ1n) is 6.57. The van der Waals surface area contributed by atoms with Crippen LogP contribution in [0.15, 0.2) is 41.7 Å². The van der Waals surface area contributed by atoms with Gasteiger partial charge in [0.15, 0.2) is 5.96 Å². The molecule has 0 fully saturated rings. The number of aliphatic imine (C=N–C) groups is 1. The van der Waals surface area contributed by atoms with Gasteiger partial charge in [-0.1, -0.05) is 11.6 Å². The normalized spacial score (nSPS) is 11.6. The Morgan fingerprint density at radius 1 is 1.25 bits per heavy atom. The zero-order valence-corrected chi connectivity index (χ0v) is 13.0. The summed E-state index contributed by atoms with van der Waals surface area (Å²) in [4.78, 5) is 5.49. The fraction of sp³-hybridized carbons (Fsp3) is 0.357. The van der Waals surface area contributed by atoms with E-state index in [0.29, 0.717) is 0 Å². The lowest BCUT2D eigenvalue weighted by Crippen LogP contribution is -2.39. The molecule has 108 valence electrons. The van der Waals surface area contributed by atoms with E-state index in [9.17, 15) is 0 Å². The summed E-state index contributed by atoms with van der Waals surface area (Å²) in [7, 11) is 1.78. The molecule has 0 aliphatic carbocycles. The van der Waals surface area contributed by atoms with Gasteiger partial charge in [-0.3, -0.25) is 4.99 Å². The van der Waals surface area contributed by atoms with Crippen molar-refractivity contribution >= 4 is 28.9 Å². The predicted octanol–water partition coefficient (Wildman–Crippen LogP) is 2.61. The Labute approximate surface area is 128 Å². The summed E-state index contributed by atoms with van der Waals surface area (Å²) in [5.41, 5.74) is 0. The van der Waals surface area contributed by atoms with Crippen LogP contribution in [0.25, 0.3) is 0 Å². The third-order valence-electron chi connectivity index (χ3n) is 2.84. The first kappa shape index (κ1) is 14.9. The lowest BCUT2D eigenvalue weighted by molar-refractivity contribution is 0.665. The van der Waals surface area contributed by atoms with Crippen LogP contribution in [0.3, 0.4) is 0 Å². The molecule has 20 heavy (non-hydrogen) atoms. The Balaban J connectivity index is 1.65. The van der Waals surface area contributed by atoms with Gasteiger partial charge >= 0.3 is 0 Å². The lowest BCUT2D eigenvalue weighted by Gasteiger charge is -2.11. The summed E-state index contributed by atoms with van der Waals surface area (Å²) in [5.74, 6) is 0.833. The summed E-state index contributed by atoms with van der Waals surface area (Å²) in [6, 6.07) is 8.06. The van der Waals surface area contributed by atoms with E-state index in [1.807, 2.05) is 18.2 Å². The van der Waals surface area contributed by atoms with E-state index in [1.54, 1.807) is 18.4 Å². The standard InChI is InChI=1S/C14H19ClN4S/c1-16-14(18-8-11-19-9-2-3-10-19)17-7-6-12-4-5-13(15)20-12/h2-5,9-10H,6-8,11H2,1H3,(H2,16,17,18). The Bertz CT molecular complexity index is 533. The van der Waals surface area contributed by atoms with E-state index in [-0.39, 0.29) is 0 Å². The van der Waals surface area contributed by atoms with Crippen LogP contribution in [0, 0.1) is 0 Å². The number of hydrogen-bond acceptors (Lipinski definition) is 2. The minimum Gasteiger partial charge on any atom is -0.356 e. The molecule has 2 heterocycles. The Morgan fingerprint density at radius 2 is 2.00 bits per heavy atom. The average Bonchev–Trinajstić information content (AvgIpc) is 3.09. The van der Waals surface area contributed by atoms with Crippen molar-refractivity contribution in [2.75, 3.05) is 20.1 Å². The molecule has 0 amide bonds. The number of rotatable bonds is 6. The molecular formula is C14H19ClN4S. The van der Waals surface area contributed by atoms with Crippen LogP contribution in [0.5, 0.6) is 0 Å². The van der Waals surface area contributed by atoms with Crippen LogP contribution in [-0.2, 0) is 13.0 Å². The Kier molecular flexibility index (Phi) is 5.95. The molecule has 0 atom stereocenters. The second kappa shape index (κ2) is 7.97. The quantitative estimate of drug-likeness (QED) is 0.636. The highest BCUT2D eigenvalue weighted by atomic mass is 35.5. The maximum atomic E-state index is 5.91. The third-order valence-corrected chi connectivity index (χ3v) is 4.14. The fourth-order valence-corrected chi connectivity index (χ4v) is 2.92. The SMILES string of the molecule is CN=C(NCCc1ccc(Cl)s1)NCCn1cccc1. The summed E-state index contributed by atoms with van der Waals surface area (Å²) in [6.07, 6.45) is 5.06. The summed E-state index contributed by atoms with van der Waals surface area (Å²) in [6.45, 7) is 2.62. The highest BCUT2D eigenvalue weighted by Crippen LogP contribution is 2.21. The molecule has 4 nitrogen and oxygen atoms in total. The average molecular weight is 311 g/mol. The van der Waals surface area contributed by atoms with Gasteiger partial charge in [-0.05, 0) is 30.7 Å². The molecule has 2 aromatic rings. The summed E-state index contributed by atoms with van der Waals surface area (Å²) in [5, 5.41) is 6.60. The fourth-order valence-electron chi connectivity index (χ4n) is 1.83. The van der Waals surface area contributed by atoms with E-state index >= 15 is 0 Å². The topological polar surface area (TPSA) is 41.4 Å². The Morgan fingerprint density at radius 3 is 2.65 bits per heavy atom. The Hall–Kier alpha value is -1.46. The van der Waals surface area contributed by atoms with Crippen molar-refractivity contribution in [2.24, 2.45) is 4.99 Å². The van der Waals surface area contributed by atoms with E-state index in [4.69, 9.17) is 11.6 Å². The van der Waals surface area contributed by atoms with Crippen molar-refractivity contribution in [3.05, 3.63) is 45.9 Å². The van der Waals surface area contributed by atoms with Crippen LogP contribution in [0.4, 0.5) is 0 Å². The van der Waals surface area contributed by atoms with Gasteiger partial charge in [-0.2, -0.15) is 0 Å². The first-order valence-corrected chi connectivity index (χ1v) is 7.77. The number of nitrogens with one attached hydrogen (secondary N) is 2. The summed E-state index contributed by atoms with van der Waals surface area (Å²) >= 11 is 7.53. The van der Waals surface area contributed by atoms with Gasteiger partial charge in [0.05, 0.1) is 4.34 Å². The maximum Gasteiger partial charge on any atom is 0.191 e. The minimum absolute atomic E-state index is 0.833. The van der Waals surface area contributed by atoms with E-state index in [0.717, 1.165) is 36.4 Å². The van der Waals surface area contributed by atoms with E-state index in [2.05, 4.69) is 38.7 Å². The third kappa shape index (κ3) is 4.90. The second-order valence-electron chi connectivity index (χ2n) is 4.30. The molecule has 2 N–H and O–H groups in total. The number of nitrogens with zero attached hydrogens (tertiary/aromatic N) is 2. The molecule has 0 saturated carbocycles. The van der Waals surface area contributed by atoms with Crippen molar-refractivity contribution in [1.82, 2.24) is 15.2 Å². The molecule has 0 aliphatic heterocycles. The number of aromatic nitrogens is 1. The van der Waals surface area contributed by atoms with Gasteiger partial charge in [-0.25, -0.2) is 0 Å². The smallest absolute Gasteiger partial charge is 0.191 e. The monoisotopic (exact) mass is 310 g/mol. The largest absolute Gasteiger partial charge is 0.356 e. The molecule has 0 radical (unpaired) electrons. The zero-order valence-electron chi connectivity index (χ0n) is 11.5. The van der Waals surface area contributed by atoms with Crippen LogP contribution in [0.1, 0.15) is 4.88 Å². The van der Waals surface area contributed by atoms with Crippen LogP contribution in [-0.4, -0.2) is 30.7 Å². The second-order valence-corrected chi connectivity index (χ2v) is 6.10. The highest BCUT2D eigenvalue weighted by Gasteiger charge is 2.00. The van der Waals surface area contributed by atoms with Gasteiger partial charge in [-0.15, -0.1) is 11.3 Å². The molecule has 2 rings (SSSR count). The highest BCUT2D eigenvalue weighted by molar-refractivity contribution is 7.16. The minimum atomic E-state index is 0.833. The van der Waals surface area contributed by atoms with Gasteiger partial charge in [0.2, 0.25) is 0 Å². The van der Waals surface area contributed by atoms with Crippen LogP contribution in [0.2, 0.25) is 4.34 Å². The van der Waals surface area contributed by atoms with Crippen LogP contribution < -0.4 is 10.6 Å². The number of halogens is 1. The molecule has 0 aromatic carbocycles. The molecule has 0 unspecified atom stereocenters. The van der Waals surface area contributed by atoms with Crippen molar-refractivity contribution in [2.45, 2.75) is 13.0 Å². The molecule has 0 bridgehead atoms. The molecule has 6 heteroatoms. The zero-order chi connectivity index (χ0) is 14.2. The number of hydrogen-bond donors (Lipinski definition) is 2. The maximum absolute atomic E-state index is 5.91. The van der Waals surface area contributed by atoms with Gasteiger partial charge in [0.25, 0.3) is 0 Å². The van der Waals surface area contributed by atoms with E-state index < -0.39 is 0 Å². The van der Waals surface area contributed by atoms with Crippen molar-refractivity contribution in [1.29, 1.82) is 0 Å². The molecule has 0 spiro atoms. The van der Waals surface area contributed by atoms with Crippen molar-refractivity contribution in [3.8, 4) is 0 Å². The molecular weight excluding hydrogens is 292 g/mol. The van der Waals surface area contributed by atoms with Crippen LogP contribution >= 0.6 is 22.9 Å². The predicted molar refractivity (Wildman–Crippen MR) is 86.8 cm³/mol. The van der Waals surface area contributed by atoms with Gasteiger partial charge < -0.3 is 15.2 Å². The van der Waals surface area contributed by atoms with E-state index in [1.165, 1.54) is 4.88 Å². The van der Waals surface area contributed by atoms with Crippen molar-refractivity contribution < 1.29 is 0 Å².